The largest absolute Gasteiger partial charge is 1.00 e. The molecule has 0 atom stereocenters. The highest BCUT2D eigenvalue weighted by Gasteiger charge is 2.03. The second-order valence-corrected chi connectivity index (χ2v) is 4.20. The van der Waals surface area contributed by atoms with E-state index in [9.17, 15) is 0 Å². The van der Waals surface area contributed by atoms with Crippen molar-refractivity contribution in [2.45, 2.75) is 13.8 Å². The Morgan fingerprint density at radius 3 is 2.39 bits per heavy atom. The fraction of sp³-hybridized carbons (Fsp3) is 0.462. The fourth-order valence-corrected chi connectivity index (χ4v) is 1.77. The topological polar surface area (TPSA) is 25.7 Å². The summed E-state index contributed by atoms with van der Waals surface area (Å²) in [4.78, 5) is 1.52. The lowest BCUT2D eigenvalue weighted by Gasteiger charge is -2.16. The van der Waals surface area contributed by atoms with Gasteiger partial charge >= 0.3 is 0 Å². The highest BCUT2D eigenvalue weighted by Crippen LogP contribution is 2.04. The molecule has 3 nitrogen and oxygen atoms in total. The maximum absolute atomic E-state index is 5.48. The van der Waals surface area contributed by atoms with Crippen molar-refractivity contribution in [3.8, 4) is 0 Å². The first kappa shape index (κ1) is 17.2. The predicted molar refractivity (Wildman–Crippen MR) is 75.5 cm³/mol. The summed E-state index contributed by atoms with van der Waals surface area (Å²) in [5.74, 6) is 0. The van der Waals surface area contributed by atoms with Gasteiger partial charge in [0.2, 0.25) is 0 Å². The lowest BCUT2D eigenvalue weighted by molar-refractivity contribution is -0.896. The average Bonchev–Trinajstić information content (AvgIpc) is 2.36. The Balaban J connectivity index is 0.00000289. The normalized spacial score (nSPS) is 9.72. The van der Waals surface area contributed by atoms with Crippen LogP contribution >= 0.6 is 12.2 Å². The molecule has 0 saturated carbocycles. The molecule has 0 amide bonds. The molecule has 0 heterocycles. The zero-order valence-corrected chi connectivity index (χ0v) is 12.5. The standard InChI is InChI=1S/C13H20N2OS.ClH/c1-3-15(4-2)10-11-16-13(17)14-12-8-6-5-7-9-12;/h5-9H,3-4,10-11H2,1-2H3,(H,14,17);1H. The summed E-state index contributed by atoms with van der Waals surface area (Å²) in [6.07, 6.45) is 0. The molecule has 1 rings (SSSR count). The fourth-order valence-electron chi connectivity index (χ4n) is 1.57. The van der Waals surface area contributed by atoms with Gasteiger partial charge < -0.3 is 27.4 Å². The molecule has 18 heavy (non-hydrogen) atoms. The summed E-state index contributed by atoms with van der Waals surface area (Å²) in [6, 6.07) is 9.82. The number of hydrogen-bond donors (Lipinski definition) is 2. The van der Waals surface area contributed by atoms with Gasteiger partial charge in [-0.25, -0.2) is 0 Å². The van der Waals surface area contributed by atoms with Crippen molar-refractivity contribution < 1.29 is 22.0 Å². The van der Waals surface area contributed by atoms with Crippen molar-refractivity contribution >= 4 is 23.1 Å². The van der Waals surface area contributed by atoms with Crippen molar-refractivity contribution in [2.24, 2.45) is 0 Å². The van der Waals surface area contributed by atoms with Crippen molar-refractivity contribution in [3.05, 3.63) is 30.3 Å². The smallest absolute Gasteiger partial charge is 0.261 e. The number of likely N-dealkylation sites (N-methyl/N-ethyl adjacent to an activating group) is 1. The minimum absolute atomic E-state index is 0. The lowest BCUT2D eigenvalue weighted by Crippen LogP contribution is -3.11. The second-order valence-electron chi connectivity index (χ2n) is 3.83. The molecule has 0 aromatic heterocycles. The number of hydrogen-bond acceptors (Lipinski definition) is 2. The van der Waals surface area contributed by atoms with Gasteiger partial charge in [0.15, 0.2) is 0 Å². The van der Waals surface area contributed by atoms with E-state index in [1.54, 1.807) is 0 Å². The van der Waals surface area contributed by atoms with Gasteiger partial charge in [-0.1, -0.05) is 18.2 Å². The Morgan fingerprint density at radius 2 is 1.83 bits per heavy atom. The van der Waals surface area contributed by atoms with E-state index in [2.05, 4.69) is 19.2 Å². The molecular weight excluding hydrogens is 268 g/mol. The quantitative estimate of drug-likeness (QED) is 0.613. The van der Waals surface area contributed by atoms with E-state index in [-0.39, 0.29) is 12.4 Å². The maximum Gasteiger partial charge on any atom is 0.261 e. The third-order valence-electron chi connectivity index (χ3n) is 2.71. The molecule has 0 fully saturated rings. The molecule has 0 aliphatic rings. The average molecular weight is 289 g/mol. The van der Waals surface area contributed by atoms with Crippen LogP contribution in [0.4, 0.5) is 5.69 Å². The van der Waals surface area contributed by atoms with Crippen LogP contribution in [0.2, 0.25) is 0 Å². The maximum atomic E-state index is 5.48. The van der Waals surface area contributed by atoms with Crippen LogP contribution in [0.3, 0.4) is 0 Å². The number of rotatable bonds is 6. The molecule has 1 aromatic rings. The van der Waals surface area contributed by atoms with Crippen molar-refractivity contribution in [3.63, 3.8) is 0 Å². The van der Waals surface area contributed by atoms with Gasteiger partial charge in [-0.15, -0.1) is 0 Å². The number of ether oxygens (including phenoxy) is 1. The van der Waals surface area contributed by atoms with E-state index in [0.717, 1.165) is 25.3 Å². The summed E-state index contributed by atoms with van der Waals surface area (Å²) in [5.41, 5.74) is 0.965. The predicted octanol–water partition coefficient (Wildman–Crippen LogP) is -1.67. The Bertz CT molecular complexity index is 331. The van der Waals surface area contributed by atoms with Crippen LogP contribution in [-0.2, 0) is 4.74 Å². The van der Waals surface area contributed by atoms with Gasteiger partial charge in [-0.05, 0) is 38.2 Å². The van der Waals surface area contributed by atoms with Gasteiger partial charge in [0.25, 0.3) is 5.17 Å². The SMILES string of the molecule is CC[NH+](CC)CCOC(=S)Nc1ccccc1.[Cl-]. The van der Waals surface area contributed by atoms with Crippen LogP contribution in [0, 0.1) is 0 Å². The Kier molecular flexibility index (Phi) is 9.64. The first-order valence-electron chi connectivity index (χ1n) is 6.08. The molecule has 5 heteroatoms. The summed E-state index contributed by atoms with van der Waals surface area (Å²) in [6.45, 7) is 8.26. The number of thiocarbonyl (C=S) groups is 1. The molecule has 1 aromatic carbocycles. The van der Waals surface area contributed by atoms with Crippen LogP contribution < -0.4 is 22.6 Å². The first-order valence-corrected chi connectivity index (χ1v) is 6.49. The Hall–Kier alpha value is -0.840. The molecule has 0 saturated heterocycles. The summed E-state index contributed by atoms with van der Waals surface area (Å²) in [5, 5.41) is 3.50. The van der Waals surface area contributed by atoms with Gasteiger partial charge in [0, 0.05) is 5.69 Å². The van der Waals surface area contributed by atoms with E-state index in [1.165, 1.54) is 4.90 Å². The van der Waals surface area contributed by atoms with Gasteiger partial charge in [-0.2, -0.15) is 0 Å². The Morgan fingerprint density at radius 1 is 1.22 bits per heavy atom. The molecule has 0 bridgehead atoms. The summed E-state index contributed by atoms with van der Waals surface area (Å²) in [7, 11) is 0. The number of nitrogens with one attached hydrogen (secondary N) is 2. The Labute approximate surface area is 121 Å². The molecule has 0 unspecified atom stereocenters. The van der Waals surface area contributed by atoms with Crippen molar-refractivity contribution in [1.29, 1.82) is 0 Å². The summed E-state index contributed by atoms with van der Waals surface area (Å²) < 4.78 is 5.48. The molecule has 0 spiro atoms. The minimum atomic E-state index is 0. The van der Waals surface area contributed by atoms with E-state index in [1.807, 2.05) is 30.3 Å². The number of quaternary nitrogens is 1. The van der Waals surface area contributed by atoms with Crippen LogP contribution in [-0.4, -0.2) is 31.4 Å². The van der Waals surface area contributed by atoms with E-state index in [4.69, 9.17) is 17.0 Å². The lowest BCUT2D eigenvalue weighted by atomic mass is 10.3. The molecule has 0 aliphatic heterocycles. The summed E-state index contributed by atoms with van der Waals surface area (Å²) >= 11 is 5.12. The van der Waals surface area contributed by atoms with E-state index in [0.29, 0.717) is 11.8 Å². The van der Waals surface area contributed by atoms with Crippen molar-refractivity contribution in [2.75, 3.05) is 31.6 Å². The van der Waals surface area contributed by atoms with Crippen LogP contribution in [0.1, 0.15) is 13.8 Å². The molecule has 0 radical (unpaired) electrons. The van der Waals surface area contributed by atoms with Crippen LogP contribution in [0.15, 0.2) is 30.3 Å². The number of para-hydroxylation sites is 1. The van der Waals surface area contributed by atoms with Gasteiger partial charge in [0.05, 0.1) is 13.1 Å². The highest BCUT2D eigenvalue weighted by atomic mass is 35.5. The number of anilines is 1. The second kappa shape index (κ2) is 10.1. The molecule has 102 valence electrons. The number of halogens is 1. The minimum Gasteiger partial charge on any atom is -1.00 e. The highest BCUT2D eigenvalue weighted by molar-refractivity contribution is 7.80. The first-order chi connectivity index (χ1) is 8.26. The zero-order chi connectivity index (χ0) is 12.5. The third-order valence-corrected chi connectivity index (χ3v) is 2.93. The van der Waals surface area contributed by atoms with Crippen LogP contribution in [0.25, 0.3) is 0 Å². The number of benzene rings is 1. The van der Waals surface area contributed by atoms with E-state index >= 15 is 0 Å². The zero-order valence-electron chi connectivity index (χ0n) is 10.9. The molecule has 0 aliphatic carbocycles. The van der Waals surface area contributed by atoms with Crippen LogP contribution in [0.5, 0.6) is 0 Å². The van der Waals surface area contributed by atoms with Gasteiger partial charge in [-0.3, -0.25) is 0 Å². The van der Waals surface area contributed by atoms with E-state index < -0.39 is 0 Å². The molecule has 2 N–H and O–H groups in total. The van der Waals surface area contributed by atoms with Crippen molar-refractivity contribution in [1.82, 2.24) is 0 Å². The monoisotopic (exact) mass is 288 g/mol. The third kappa shape index (κ3) is 6.79. The van der Waals surface area contributed by atoms with Gasteiger partial charge in [0.1, 0.15) is 13.2 Å². The molecular formula is C13H21ClN2OS.